The van der Waals surface area contributed by atoms with Crippen molar-refractivity contribution in [1.29, 1.82) is 0 Å². The van der Waals surface area contributed by atoms with E-state index in [9.17, 15) is 22.0 Å². The number of nitrogens with one attached hydrogen (secondary N) is 1. The highest BCUT2D eigenvalue weighted by molar-refractivity contribution is 7.89. The van der Waals surface area contributed by atoms with Gasteiger partial charge >= 0.3 is 0 Å². The third-order valence-electron chi connectivity index (χ3n) is 5.54. The summed E-state index contributed by atoms with van der Waals surface area (Å²) in [5.41, 5.74) is 2.60. The van der Waals surface area contributed by atoms with Crippen LogP contribution in [0.5, 0.6) is 0 Å². The Morgan fingerprint density at radius 2 is 1.67 bits per heavy atom. The molecule has 1 saturated heterocycles. The number of anilines is 1. The third-order valence-corrected chi connectivity index (χ3v) is 7.45. The van der Waals surface area contributed by atoms with Gasteiger partial charge < -0.3 is 14.6 Å². The number of benzene rings is 2. The summed E-state index contributed by atoms with van der Waals surface area (Å²) in [5.74, 6) is -1.73. The summed E-state index contributed by atoms with van der Waals surface area (Å²) in [4.78, 5) is 12.5. The number of morpholine rings is 1. The maximum Gasteiger partial charge on any atom is 0.257 e. The van der Waals surface area contributed by atoms with Crippen molar-refractivity contribution in [2.24, 2.45) is 0 Å². The molecule has 1 aliphatic heterocycles. The minimum absolute atomic E-state index is 0.133. The van der Waals surface area contributed by atoms with Crippen LogP contribution in [0.1, 0.15) is 21.7 Å². The summed E-state index contributed by atoms with van der Waals surface area (Å²) >= 11 is 0. The number of ether oxygens (including phenoxy) is 1. The zero-order valence-electron chi connectivity index (χ0n) is 18.1. The van der Waals surface area contributed by atoms with E-state index in [0.717, 1.165) is 22.1 Å². The van der Waals surface area contributed by atoms with Crippen molar-refractivity contribution in [1.82, 2.24) is 8.87 Å². The lowest BCUT2D eigenvalue weighted by Gasteiger charge is -2.26. The Morgan fingerprint density at radius 1 is 1.00 bits per heavy atom. The lowest BCUT2D eigenvalue weighted by molar-refractivity contribution is 0.0729. The van der Waals surface area contributed by atoms with E-state index in [0.29, 0.717) is 16.9 Å². The second-order valence-electron chi connectivity index (χ2n) is 7.71. The smallest absolute Gasteiger partial charge is 0.257 e. The number of carbonyl (C=O) groups is 1. The summed E-state index contributed by atoms with van der Waals surface area (Å²) in [6.45, 7) is 4.31. The first-order chi connectivity index (χ1) is 15.7. The fourth-order valence-corrected chi connectivity index (χ4v) is 5.38. The zero-order chi connectivity index (χ0) is 23.8. The molecule has 0 bridgehead atoms. The highest BCUT2D eigenvalue weighted by Gasteiger charge is 2.29. The molecule has 2 heterocycles. The molecule has 4 rings (SSSR count). The molecule has 2 aromatic carbocycles. The maximum atomic E-state index is 14.4. The first kappa shape index (κ1) is 23.1. The van der Waals surface area contributed by atoms with Gasteiger partial charge in [-0.1, -0.05) is 0 Å². The molecule has 0 aliphatic carbocycles. The van der Waals surface area contributed by atoms with E-state index in [1.807, 2.05) is 11.5 Å². The van der Waals surface area contributed by atoms with Crippen molar-refractivity contribution in [2.45, 2.75) is 18.7 Å². The van der Waals surface area contributed by atoms with E-state index in [1.165, 1.54) is 18.2 Å². The van der Waals surface area contributed by atoms with Gasteiger partial charge in [0.25, 0.3) is 5.91 Å². The summed E-state index contributed by atoms with van der Waals surface area (Å²) in [6, 6.07) is 11.0. The van der Waals surface area contributed by atoms with E-state index >= 15 is 0 Å². The molecule has 0 spiro atoms. The van der Waals surface area contributed by atoms with E-state index in [2.05, 4.69) is 5.32 Å². The van der Waals surface area contributed by atoms with Crippen molar-refractivity contribution < 1.29 is 26.7 Å². The maximum absolute atomic E-state index is 14.4. The SMILES string of the molecule is Cc1cc(C(=O)Nc2ccc(F)c(S(=O)(=O)N3CCOCC3)c2)c(C)n1-c1ccc(F)cc1. The lowest BCUT2D eigenvalue weighted by Crippen LogP contribution is -2.40. The van der Waals surface area contributed by atoms with Crippen LogP contribution in [-0.2, 0) is 14.8 Å². The van der Waals surface area contributed by atoms with Crippen LogP contribution >= 0.6 is 0 Å². The molecule has 0 saturated carbocycles. The molecular weight excluding hydrogens is 452 g/mol. The molecule has 10 heteroatoms. The molecule has 174 valence electrons. The second kappa shape index (κ2) is 9.05. The Kier molecular flexibility index (Phi) is 6.33. The molecule has 1 N–H and O–H groups in total. The quantitative estimate of drug-likeness (QED) is 0.611. The van der Waals surface area contributed by atoms with Crippen LogP contribution in [-0.4, -0.2) is 49.5 Å². The van der Waals surface area contributed by atoms with Gasteiger partial charge in [-0.3, -0.25) is 4.79 Å². The third kappa shape index (κ3) is 4.54. The van der Waals surface area contributed by atoms with Gasteiger partial charge in [0.15, 0.2) is 0 Å². The Labute approximate surface area is 190 Å². The minimum Gasteiger partial charge on any atom is -0.379 e. The number of carbonyl (C=O) groups excluding carboxylic acids is 1. The number of amides is 1. The lowest BCUT2D eigenvalue weighted by atomic mass is 10.2. The number of hydrogen-bond donors (Lipinski definition) is 1. The molecule has 1 amide bonds. The molecule has 0 atom stereocenters. The number of aryl methyl sites for hydroxylation is 1. The van der Waals surface area contributed by atoms with Crippen LogP contribution in [0.4, 0.5) is 14.5 Å². The van der Waals surface area contributed by atoms with Gasteiger partial charge in [-0.05, 0) is 62.4 Å². The molecule has 7 nitrogen and oxygen atoms in total. The fraction of sp³-hybridized carbons (Fsp3) is 0.261. The highest BCUT2D eigenvalue weighted by atomic mass is 32.2. The van der Waals surface area contributed by atoms with Crippen molar-refractivity contribution in [2.75, 3.05) is 31.6 Å². The van der Waals surface area contributed by atoms with Gasteiger partial charge in [0, 0.05) is 35.9 Å². The van der Waals surface area contributed by atoms with Gasteiger partial charge in [-0.15, -0.1) is 0 Å². The molecule has 3 aromatic rings. The van der Waals surface area contributed by atoms with E-state index in [4.69, 9.17) is 4.74 Å². The second-order valence-corrected chi connectivity index (χ2v) is 9.62. The van der Waals surface area contributed by atoms with Crippen molar-refractivity contribution >= 4 is 21.6 Å². The van der Waals surface area contributed by atoms with Crippen LogP contribution in [0.15, 0.2) is 53.4 Å². The summed E-state index contributed by atoms with van der Waals surface area (Å²) in [6.07, 6.45) is 0. The van der Waals surface area contributed by atoms with Gasteiger partial charge in [0.2, 0.25) is 10.0 Å². The van der Waals surface area contributed by atoms with Crippen molar-refractivity contribution in [3.63, 3.8) is 0 Å². The summed E-state index contributed by atoms with van der Waals surface area (Å²) < 4.78 is 61.6. The summed E-state index contributed by atoms with van der Waals surface area (Å²) in [7, 11) is -4.07. The van der Waals surface area contributed by atoms with Crippen LogP contribution < -0.4 is 5.32 Å². The average molecular weight is 476 g/mol. The minimum atomic E-state index is -4.07. The van der Waals surface area contributed by atoms with Crippen LogP contribution in [0.2, 0.25) is 0 Å². The number of hydrogen-bond acceptors (Lipinski definition) is 4. The highest BCUT2D eigenvalue weighted by Crippen LogP contribution is 2.26. The molecule has 1 aromatic heterocycles. The average Bonchev–Trinajstić information content (AvgIpc) is 3.10. The van der Waals surface area contributed by atoms with Gasteiger partial charge in [0.05, 0.1) is 18.8 Å². The van der Waals surface area contributed by atoms with Crippen molar-refractivity contribution in [3.8, 4) is 5.69 Å². The number of halogens is 2. The van der Waals surface area contributed by atoms with Crippen LogP contribution in [0.3, 0.4) is 0 Å². The standard InChI is InChI=1S/C23H23F2N3O4S/c1-15-13-20(16(2)28(15)19-6-3-17(24)4-7-19)23(29)26-18-5-8-21(25)22(14-18)33(30,31)27-9-11-32-12-10-27/h3-8,13-14H,9-12H2,1-2H3,(H,26,29). The Hall–Kier alpha value is -3.08. The van der Waals surface area contributed by atoms with Gasteiger partial charge in [0.1, 0.15) is 16.5 Å². The molecule has 0 radical (unpaired) electrons. The Balaban J connectivity index is 1.61. The Morgan fingerprint density at radius 3 is 2.33 bits per heavy atom. The first-order valence-corrected chi connectivity index (χ1v) is 11.8. The number of nitrogens with zero attached hydrogens (tertiary/aromatic N) is 2. The number of sulfonamides is 1. The molecular formula is C23H23F2N3O4S. The fourth-order valence-electron chi connectivity index (χ4n) is 3.88. The topological polar surface area (TPSA) is 80.6 Å². The molecule has 1 aliphatic rings. The largest absolute Gasteiger partial charge is 0.379 e. The predicted octanol–water partition coefficient (Wildman–Crippen LogP) is 3.65. The van der Waals surface area contributed by atoms with E-state index in [1.54, 1.807) is 25.1 Å². The van der Waals surface area contributed by atoms with Crippen LogP contribution in [0, 0.1) is 25.5 Å². The molecule has 0 unspecified atom stereocenters. The number of aromatic nitrogens is 1. The monoisotopic (exact) mass is 475 g/mol. The zero-order valence-corrected chi connectivity index (χ0v) is 19.0. The number of rotatable bonds is 5. The van der Waals surface area contributed by atoms with E-state index in [-0.39, 0.29) is 37.8 Å². The van der Waals surface area contributed by atoms with E-state index < -0.39 is 26.6 Å². The van der Waals surface area contributed by atoms with Crippen LogP contribution in [0.25, 0.3) is 5.69 Å². The van der Waals surface area contributed by atoms with Gasteiger partial charge in [-0.25, -0.2) is 17.2 Å². The van der Waals surface area contributed by atoms with Crippen molar-refractivity contribution in [3.05, 3.63) is 77.1 Å². The predicted molar refractivity (Wildman–Crippen MR) is 119 cm³/mol. The van der Waals surface area contributed by atoms with Gasteiger partial charge in [-0.2, -0.15) is 4.31 Å². The Bertz CT molecular complexity index is 1300. The summed E-state index contributed by atoms with van der Waals surface area (Å²) in [5, 5.41) is 2.66. The first-order valence-electron chi connectivity index (χ1n) is 10.3. The normalized spacial score (nSPS) is 14.9. The molecule has 33 heavy (non-hydrogen) atoms. The molecule has 1 fully saturated rings.